The van der Waals surface area contributed by atoms with Crippen molar-refractivity contribution in [2.45, 2.75) is 6.10 Å². The van der Waals surface area contributed by atoms with Gasteiger partial charge in [-0.2, -0.15) is 0 Å². The van der Waals surface area contributed by atoms with Gasteiger partial charge in [0.05, 0.1) is 30.1 Å². The zero-order chi connectivity index (χ0) is 19.8. The fourth-order valence-corrected chi connectivity index (χ4v) is 3.65. The number of carbonyl (C=O) groups is 1. The Hall–Kier alpha value is -3.52. The van der Waals surface area contributed by atoms with E-state index < -0.39 is 0 Å². The van der Waals surface area contributed by atoms with Gasteiger partial charge < -0.3 is 14.2 Å². The van der Waals surface area contributed by atoms with Crippen LogP contribution in [-0.4, -0.2) is 54.7 Å². The van der Waals surface area contributed by atoms with Crippen LogP contribution in [-0.2, 0) is 11.8 Å². The Morgan fingerprint density at radius 2 is 2.07 bits per heavy atom. The van der Waals surface area contributed by atoms with Crippen molar-refractivity contribution in [3.63, 3.8) is 0 Å². The lowest BCUT2D eigenvalue weighted by atomic mass is 10.1. The number of pyridine rings is 2. The summed E-state index contributed by atoms with van der Waals surface area (Å²) in [6, 6.07) is 13.3. The molecule has 146 valence electrons. The number of aromatic nitrogens is 5. The molecule has 1 aliphatic rings. The molecule has 1 atom stereocenters. The maximum absolute atomic E-state index is 13.2. The first-order chi connectivity index (χ1) is 14.2. The van der Waals surface area contributed by atoms with Crippen LogP contribution in [0.3, 0.4) is 0 Å². The van der Waals surface area contributed by atoms with E-state index >= 15 is 0 Å². The van der Waals surface area contributed by atoms with E-state index in [2.05, 4.69) is 15.2 Å². The molecule has 0 saturated carbocycles. The highest BCUT2D eigenvalue weighted by Crippen LogP contribution is 2.23. The van der Waals surface area contributed by atoms with Crippen LogP contribution in [0.15, 0.2) is 61.1 Å². The number of hydrogen-bond acceptors (Lipinski definition) is 5. The zero-order valence-electron chi connectivity index (χ0n) is 16.0. The Bertz CT molecular complexity index is 1170. The lowest BCUT2D eigenvalue weighted by Crippen LogP contribution is -2.42. The molecule has 5 rings (SSSR count). The fourth-order valence-electron chi connectivity index (χ4n) is 3.65. The summed E-state index contributed by atoms with van der Waals surface area (Å²) in [4.78, 5) is 19.4. The molecule has 0 aliphatic carbocycles. The van der Waals surface area contributed by atoms with Crippen LogP contribution < -0.4 is 0 Å². The second-order valence-corrected chi connectivity index (χ2v) is 7.04. The normalized spacial score (nSPS) is 17.0. The first-order valence-electron chi connectivity index (χ1n) is 9.49. The molecule has 4 aromatic rings. The molecule has 1 fully saturated rings. The highest BCUT2D eigenvalue weighted by Gasteiger charge is 2.27. The van der Waals surface area contributed by atoms with Crippen LogP contribution in [0.5, 0.6) is 0 Å². The number of amides is 1. The summed E-state index contributed by atoms with van der Waals surface area (Å²) in [6.07, 6.45) is 5.29. The molecular formula is C21H20N6O2. The molecule has 8 nitrogen and oxygen atoms in total. The number of rotatable bonds is 3. The molecule has 0 aromatic carbocycles. The van der Waals surface area contributed by atoms with Gasteiger partial charge in [0.2, 0.25) is 0 Å². The monoisotopic (exact) mass is 388 g/mol. The maximum atomic E-state index is 13.2. The smallest absolute Gasteiger partial charge is 0.255 e. The van der Waals surface area contributed by atoms with Gasteiger partial charge in [0.1, 0.15) is 6.10 Å². The van der Waals surface area contributed by atoms with Gasteiger partial charge in [0, 0.05) is 32.2 Å². The van der Waals surface area contributed by atoms with E-state index in [-0.39, 0.29) is 12.0 Å². The van der Waals surface area contributed by atoms with Crippen LogP contribution in [0, 0.1) is 0 Å². The van der Waals surface area contributed by atoms with Crippen LogP contribution in [0.25, 0.3) is 17.2 Å². The minimum Gasteiger partial charge on any atom is -0.368 e. The minimum absolute atomic E-state index is 0.0392. The topological polar surface area (TPSA) is 77.5 Å². The Labute approximate surface area is 167 Å². The Morgan fingerprint density at radius 3 is 2.86 bits per heavy atom. The molecule has 8 heteroatoms. The molecule has 29 heavy (non-hydrogen) atoms. The Morgan fingerprint density at radius 1 is 1.14 bits per heavy atom. The molecule has 0 spiro atoms. The summed E-state index contributed by atoms with van der Waals surface area (Å²) in [7, 11) is 1.96. The van der Waals surface area contributed by atoms with Crippen molar-refractivity contribution in [2.24, 2.45) is 7.05 Å². The fraction of sp³-hybridized carbons (Fsp3) is 0.238. The number of morpholine rings is 1. The van der Waals surface area contributed by atoms with Crippen molar-refractivity contribution in [1.29, 1.82) is 0 Å². The molecule has 5 heterocycles. The number of carbonyl (C=O) groups excluding carboxylic acids is 1. The van der Waals surface area contributed by atoms with Crippen molar-refractivity contribution in [3.05, 3.63) is 72.3 Å². The summed E-state index contributed by atoms with van der Waals surface area (Å²) >= 11 is 0. The molecule has 4 aromatic heterocycles. The molecule has 1 amide bonds. The Kier molecular flexibility index (Phi) is 4.33. The third kappa shape index (κ3) is 3.17. The van der Waals surface area contributed by atoms with Gasteiger partial charge in [-0.05, 0) is 36.4 Å². The number of ether oxygens (including phenoxy) is 1. The lowest BCUT2D eigenvalue weighted by Gasteiger charge is -2.32. The molecule has 0 bridgehead atoms. The van der Waals surface area contributed by atoms with E-state index in [0.717, 1.165) is 11.4 Å². The minimum atomic E-state index is -0.216. The van der Waals surface area contributed by atoms with Crippen molar-refractivity contribution < 1.29 is 9.53 Å². The second-order valence-electron chi connectivity index (χ2n) is 7.04. The summed E-state index contributed by atoms with van der Waals surface area (Å²) < 4.78 is 9.67. The van der Waals surface area contributed by atoms with E-state index in [1.807, 2.05) is 69.7 Å². The first kappa shape index (κ1) is 17.6. The third-order valence-electron chi connectivity index (χ3n) is 5.19. The molecule has 0 N–H and O–H groups in total. The number of aryl methyl sites for hydroxylation is 1. The van der Waals surface area contributed by atoms with Crippen LogP contribution in [0.1, 0.15) is 22.2 Å². The average Bonchev–Trinajstić information content (AvgIpc) is 3.39. The summed E-state index contributed by atoms with van der Waals surface area (Å²) in [6.45, 7) is 1.50. The van der Waals surface area contributed by atoms with Crippen LogP contribution in [0.4, 0.5) is 0 Å². The van der Waals surface area contributed by atoms with E-state index in [0.29, 0.717) is 36.7 Å². The summed E-state index contributed by atoms with van der Waals surface area (Å²) in [5, 5.41) is 8.53. The zero-order valence-corrected chi connectivity index (χ0v) is 16.0. The van der Waals surface area contributed by atoms with Gasteiger partial charge in [-0.25, -0.2) is 0 Å². The van der Waals surface area contributed by atoms with E-state index in [9.17, 15) is 4.79 Å². The molecule has 0 radical (unpaired) electrons. The highest BCUT2D eigenvalue weighted by atomic mass is 16.5. The standard InChI is InChI=1S/C21H20N6O2/c1-25-10-4-6-17(25)20-24-23-19-8-7-15(13-27(19)20)21(28)26-11-12-29-18(14-26)16-5-2-3-9-22-16/h2-10,13,18H,11-12,14H2,1H3. The second kappa shape index (κ2) is 7.14. The third-order valence-corrected chi connectivity index (χ3v) is 5.19. The molecular weight excluding hydrogens is 368 g/mol. The van der Waals surface area contributed by atoms with Crippen molar-refractivity contribution in [3.8, 4) is 11.5 Å². The lowest BCUT2D eigenvalue weighted by molar-refractivity contribution is -0.0247. The maximum Gasteiger partial charge on any atom is 0.255 e. The van der Waals surface area contributed by atoms with Gasteiger partial charge in [-0.15, -0.1) is 10.2 Å². The van der Waals surface area contributed by atoms with Gasteiger partial charge in [0.15, 0.2) is 11.5 Å². The van der Waals surface area contributed by atoms with Crippen molar-refractivity contribution >= 4 is 11.6 Å². The van der Waals surface area contributed by atoms with Crippen molar-refractivity contribution in [1.82, 2.24) is 29.0 Å². The predicted octanol–water partition coefficient (Wildman–Crippen LogP) is 2.34. The quantitative estimate of drug-likeness (QED) is 0.538. The predicted molar refractivity (Wildman–Crippen MR) is 106 cm³/mol. The first-order valence-corrected chi connectivity index (χ1v) is 9.49. The highest BCUT2D eigenvalue weighted by molar-refractivity contribution is 5.94. The SMILES string of the molecule is Cn1cccc1-c1nnc2ccc(C(=O)N3CCOC(c4ccccn4)C3)cn12. The number of nitrogens with zero attached hydrogens (tertiary/aromatic N) is 6. The van der Waals surface area contributed by atoms with E-state index in [1.54, 1.807) is 12.3 Å². The Balaban J connectivity index is 1.44. The number of hydrogen-bond donors (Lipinski definition) is 0. The van der Waals surface area contributed by atoms with Crippen molar-refractivity contribution in [2.75, 3.05) is 19.7 Å². The molecule has 1 unspecified atom stereocenters. The van der Waals surface area contributed by atoms with Gasteiger partial charge >= 0.3 is 0 Å². The summed E-state index contributed by atoms with van der Waals surface area (Å²) in [5.74, 6) is 0.665. The largest absolute Gasteiger partial charge is 0.368 e. The van der Waals surface area contributed by atoms with Gasteiger partial charge in [-0.3, -0.25) is 14.2 Å². The van der Waals surface area contributed by atoms with Crippen LogP contribution >= 0.6 is 0 Å². The number of fused-ring (bicyclic) bond motifs is 1. The van der Waals surface area contributed by atoms with E-state index in [4.69, 9.17) is 4.74 Å². The van der Waals surface area contributed by atoms with E-state index in [1.165, 1.54) is 0 Å². The summed E-state index contributed by atoms with van der Waals surface area (Å²) in [5.41, 5.74) is 3.06. The average molecular weight is 388 g/mol. The van der Waals surface area contributed by atoms with Gasteiger partial charge in [-0.1, -0.05) is 6.07 Å². The molecule has 1 aliphatic heterocycles. The van der Waals surface area contributed by atoms with Gasteiger partial charge in [0.25, 0.3) is 5.91 Å². The molecule has 1 saturated heterocycles. The van der Waals surface area contributed by atoms with Crippen LogP contribution in [0.2, 0.25) is 0 Å².